The number of rotatable bonds is 3. The Kier molecular flexibility index (Phi) is 3.85. The van der Waals surface area contributed by atoms with Crippen molar-refractivity contribution in [3.63, 3.8) is 0 Å². The number of H-pyrrole nitrogens is 1. The van der Waals surface area contributed by atoms with Crippen LogP contribution in [0.5, 0.6) is 0 Å². The third kappa shape index (κ3) is 3.21. The summed E-state index contributed by atoms with van der Waals surface area (Å²) < 4.78 is 50.7. The Hall–Kier alpha value is -2.35. The fraction of sp³-hybridized carbons (Fsp3) is 0.133. The molecule has 0 saturated carbocycles. The molecule has 1 aromatic heterocycles. The van der Waals surface area contributed by atoms with Crippen molar-refractivity contribution < 1.29 is 17.4 Å². The molecule has 8 heteroatoms. The van der Waals surface area contributed by atoms with Gasteiger partial charge in [0.25, 0.3) is 0 Å². The monoisotopic (exact) mass is 339 g/mol. The number of imidazole rings is 1. The summed E-state index contributed by atoms with van der Waals surface area (Å²) in [5, 5.41) is 0.211. The van der Waals surface area contributed by atoms with Crippen LogP contribution < -0.4 is 5.73 Å². The summed E-state index contributed by atoms with van der Waals surface area (Å²) in [6.45, 7) is 0. The Labute approximate surface area is 132 Å². The van der Waals surface area contributed by atoms with Gasteiger partial charge in [0.2, 0.25) is 0 Å². The Balaban J connectivity index is 1.90. The number of nitrogens with one attached hydrogen (secondary N) is 1. The average molecular weight is 339 g/mol. The van der Waals surface area contributed by atoms with Crippen molar-refractivity contribution in [3.8, 4) is 0 Å². The highest BCUT2D eigenvalue weighted by molar-refractivity contribution is 7.84. The normalized spacial score (nSPS) is 13.3. The molecule has 0 radical (unpaired) electrons. The van der Waals surface area contributed by atoms with Gasteiger partial charge < -0.3 is 10.7 Å². The molecule has 0 amide bonds. The van der Waals surface area contributed by atoms with Crippen LogP contribution >= 0.6 is 0 Å². The number of para-hydroxylation sites is 2. The summed E-state index contributed by atoms with van der Waals surface area (Å²) in [4.78, 5) is 7.10. The highest BCUT2D eigenvalue weighted by atomic mass is 32.2. The second-order valence-corrected chi connectivity index (χ2v) is 6.33. The molecule has 1 atom stereocenters. The third-order valence-electron chi connectivity index (χ3n) is 3.34. The summed E-state index contributed by atoms with van der Waals surface area (Å²) >= 11 is 0. The molecule has 2 aromatic carbocycles. The van der Waals surface area contributed by atoms with Crippen LogP contribution in [0.15, 0.2) is 47.6 Å². The van der Waals surface area contributed by atoms with Crippen LogP contribution in [0.25, 0.3) is 11.0 Å². The minimum Gasteiger partial charge on any atom is -0.398 e. The molecule has 0 saturated heterocycles. The molecule has 120 valence electrons. The number of alkyl halides is 3. The van der Waals surface area contributed by atoms with Gasteiger partial charge in [0.15, 0.2) is 5.16 Å². The van der Waals surface area contributed by atoms with Gasteiger partial charge in [-0.15, -0.1) is 0 Å². The summed E-state index contributed by atoms with van der Waals surface area (Å²) in [5.41, 5.74) is 6.60. The van der Waals surface area contributed by atoms with E-state index in [4.69, 9.17) is 5.73 Å². The smallest absolute Gasteiger partial charge is 0.398 e. The van der Waals surface area contributed by atoms with Gasteiger partial charge in [0.1, 0.15) is 0 Å². The summed E-state index contributed by atoms with van der Waals surface area (Å²) in [5.74, 6) is -0.143. The molecule has 1 unspecified atom stereocenters. The number of aromatic nitrogens is 2. The average Bonchev–Trinajstić information content (AvgIpc) is 2.92. The predicted octanol–water partition coefficient (Wildman–Crippen LogP) is 3.47. The molecule has 4 nitrogen and oxygen atoms in total. The standard InChI is InChI=1S/C15H12F3N3OS/c16-15(17,18)10-5-6-11(19)9(7-10)8-23(22)14-20-12-3-1-2-4-13(12)21-14/h1-7H,8,19H2,(H,20,21). The van der Waals surface area contributed by atoms with E-state index in [2.05, 4.69) is 9.97 Å². The molecule has 0 spiro atoms. The number of nitrogens with two attached hydrogens (primary N) is 1. The van der Waals surface area contributed by atoms with Crippen LogP contribution in [-0.2, 0) is 22.7 Å². The minimum absolute atomic E-state index is 0.143. The summed E-state index contributed by atoms with van der Waals surface area (Å²) in [6.07, 6.45) is -4.47. The first-order chi connectivity index (χ1) is 10.8. The molecule has 0 aliphatic rings. The molecular formula is C15H12F3N3OS. The molecule has 1 heterocycles. The zero-order chi connectivity index (χ0) is 16.6. The van der Waals surface area contributed by atoms with Crippen LogP contribution in [0, 0.1) is 0 Å². The van der Waals surface area contributed by atoms with E-state index in [1.165, 1.54) is 6.07 Å². The van der Waals surface area contributed by atoms with E-state index in [0.717, 1.165) is 12.1 Å². The first kappa shape index (κ1) is 15.5. The summed E-state index contributed by atoms with van der Waals surface area (Å²) in [6, 6.07) is 10.1. The zero-order valence-electron chi connectivity index (χ0n) is 11.7. The van der Waals surface area contributed by atoms with Gasteiger partial charge in [-0.1, -0.05) is 12.1 Å². The van der Waals surface area contributed by atoms with Gasteiger partial charge in [0.05, 0.1) is 33.1 Å². The number of hydrogen-bond acceptors (Lipinski definition) is 3. The number of hydrogen-bond donors (Lipinski definition) is 2. The fourth-order valence-corrected chi connectivity index (χ4v) is 3.25. The maximum absolute atomic E-state index is 12.8. The van der Waals surface area contributed by atoms with Gasteiger partial charge >= 0.3 is 6.18 Å². The largest absolute Gasteiger partial charge is 0.416 e. The third-order valence-corrected chi connectivity index (χ3v) is 4.54. The van der Waals surface area contributed by atoms with Crippen molar-refractivity contribution in [3.05, 3.63) is 53.6 Å². The van der Waals surface area contributed by atoms with Gasteiger partial charge in [0, 0.05) is 5.69 Å². The lowest BCUT2D eigenvalue weighted by Crippen LogP contribution is -2.08. The second-order valence-electron chi connectivity index (χ2n) is 4.96. The van der Waals surface area contributed by atoms with Crippen LogP contribution in [0.2, 0.25) is 0 Å². The lowest BCUT2D eigenvalue weighted by Gasteiger charge is -2.10. The van der Waals surface area contributed by atoms with Crippen LogP contribution in [0.3, 0.4) is 0 Å². The molecule has 23 heavy (non-hydrogen) atoms. The van der Waals surface area contributed by atoms with E-state index >= 15 is 0 Å². The van der Waals surface area contributed by atoms with Gasteiger partial charge in [-0.25, -0.2) is 4.98 Å². The SMILES string of the molecule is Nc1ccc(C(F)(F)F)cc1CS(=O)c1nc2ccccc2[nH]1. The molecule has 0 fully saturated rings. The van der Waals surface area contributed by atoms with Gasteiger partial charge in [-0.05, 0) is 35.9 Å². The minimum atomic E-state index is -4.47. The van der Waals surface area contributed by atoms with E-state index in [1.54, 1.807) is 24.3 Å². The second kappa shape index (κ2) is 5.69. The van der Waals surface area contributed by atoms with E-state index < -0.39 is 22.5 Å². The molecule has 0 aliphatic heterocycles. The van der Waals surface area contributed by atoms with Crippen LogP contribution in [0.1, 0.15) is 11.1 Å². The Morgan fingerprint density at radius 2 is 1.91 bits per heavy atom. The lowest BCUT2D eigenvalue weighted by atomic mass is 10.1. The highest BCUT2D eigenvalue weighted by Gasteiger charge is 2.31. The predicted molar refractivity (Wildman–Crippen MR) is 82.1 cm³/mol. The Bertz CT molecular complexity index is 856. The van der Waals surface area contributed by atoms with E-state index in [9.17, 15) is 17.4 Å². The number of anilines is 1. The summed E-state index contributed by atoms with van der Waals surface area (Å²) in [7, 11) is -1.63. The zero-order valence-corrected chi connectivity index (χ0v) is 12.5. The van der Waals surface area contributed by atoms with Gasteiger partial charge in [-0.2, -0.15) is 13.2 Å². The van der Waals surface area contributed by atoms with E-state index in [1.807, 2.05) is 0 Å². The molecule has 3 N–H and O–H groups in total. The molecule has 3 rings (SSSR count). The number of halogens is 3. The molecule has 3 aromatic rings. The van der Waals surface area contributed by atoms with Crippen molar-refractivity contribution in [2.24, 2.45) is 0 Å². The highest BCUT2D eigenvalue weighted by Crippen LogP contribution is 2.31. The number of fused-ring (bicyclic) bond motifs is 1. The molecule has 0 bridgehead atoms. The first-order valence-electron chi connectivity index (χ1n) is 6.63. The van der Waals surface area contributed by atoms with Crippen molar-refractivity contribution in [1.82, 2.24) is 9.97 Å². The number of aromatic amines is 1. The van der Waals surface area contributed by atoms with Gasteiger partial charge in [-0.3, -0.25) is 4.21 Å². The quantitative estimate of drug-likeness (QED) is 0.718. The van der Waals surface area contributed by atoms with Crippen molar-refractivity contribution in [2.75, 3.05) is 5.73 Å². The lowest BCUT2D eigenvalue weighted by molar-refractivity contribution is -0.137. The fourth-order valence-electron chi connectivity index (χ4n) is 2.15. The molecule has 0 aliphatic carbocycles. The van der Waals surface area contributed by atoms with Crippen LogP contribution in [0.4, 0.5) is 18.9 Å². The maximum Gasteiger partial charge on any atom is 0.416 e. The van der Waals surface area contributed by atoms with Crippen molar-refractivity contribution in [2.45, 2.75) is 17.1 Å². The van der Waals surface area contributed by atoms with Crippen molar-refractivity contribution >= 4 is 27.5 Å². The van der Waals surface area contributed by atoms with Crippen molar-refractivity contribution in [1.29, 1.82) is 0 Å². The topological polar surface area (TPSA) is 71.8 Å². The number of nitrogen functional groups attached to an aromatic ring is 1. The van der Waals surface area contributed by atoms with Crippen LogP contribution in [-0.4, -0.2) is 14.2 Å². The van der Waals surface area contributed by atoms with E-state index in [0.29, 0.717) is 11.0 Å². The first-order valence-corrected chi connectivity index (χ1v) is 7.95. The Morgan fingerprint density at radius 1 is 1.17 bits per heavy atom. The Morgan fingerprint density at radius 3 is 2.61 bits per heavy atom. The molecular weight excluding hydrogens is 327 g/mol. The maximum atomic E-state index is 12.8. The van der Waals surface area contributed by atoms with E-state index in [-0.39, 0.29) is 22.2 Å². The number of nitrogens with zero attached hydrogens (tertiary/aromatic N) is 1. The number of benzene rings is 2.